The smallest absolute Gasteiger partial charge is 0.251 e. The van der Waals surface area contributed by atoms with Crippen LogP contribution in [0, 0.1) is 19.7 Å². The van der Waals surface area contributed by atoms with Gasteiger partial charge in [-0.2, -0.15) is 4.98 Å². The van der Waals surface area contributed by atoms with Crippen LogP contribution in [0.15, 0.2) is 47.0 Å². The second kappa shape index (κ2) is 7.25. The van der Waals surface area contributed by atoms with Crippen LogP contribution in [0.25, 0.3) is 11.4 Å². The summed E-state index contributed by atoms with van der Waals surface area (Å²) in [5.74, 6) is 0.359. The second-order valence-corrected chi connectivity index (χ2v) is 5.82. The third kappa shape index (κ3) is 4.09. The molecule has 0 bridgehead atoms. The van der Waals surface area contributed by atoms with Gasteiger partial charge in [0.1, 0.15) is 5.82 Å². The predicted molar refractivity (Wildman–Crippen MR) is 91.6 cm³/mol. The third-order valence-electron chi connectivity index (χ3n) is 3.96. The van der Waals surface area contributed by atoms with E-state index in [4.69, 9.17) is 4.52 Å². The molecule has 0 aliphatic rings. The Balaban J connectivity index is 1.56. The minimum atomic E-state index is -0.318. The molecule has 6 heteroatoms. The number of aromatic nitrogens is 2. The van der Waals surface area contributed by atoms with Gasteiger partial charge in [-0.3, -0.25) is 4.79 Å². The summed E-state index contributed by atoms with van der Waals surface area (Å²) in [6.45, 7) is 4.36. The summed E-state index contributed by atoms with van der Waals surface area (Å²) in [7, 11) is 0. The molecule has 0 saturated carbocycles. The molecule has 128 valence electrons. The number of nitrogens with zero attached hydrogens (tertiary/aromatic N) is 2. The van der Waals surface area contributed by atoms with Crippen molar-refractivity contribution in [2.45, 2.75) is 20.3 Å². The fraction of sp³-hybridized carbons (Fsp3) is 0.211. The average Bonchev–Trinajstić information content (AvgIpc) is 3.06. The van der Waals surface area contributed by atoms with Gasteiger partial charge in [0.05, 0.1) is 0 Å². The number of hydrogen-bond acceptors (Lipinski definition) is 4. The first-order valence-electron chi connectivity index (χ1n) is 7.97. The summed E-state index contributed by atoms with van der Waals surface area (Å²) in [6, 6.07) is 11.5. The normalized spacial score (nSPS) is 10.7. The van der Waals surface area contributed by atoms with Crippen molar-refractivity contribution in [1.29, 1.82) is 0 Å². The first kappa shape index (κ1) is 16.8. The van der Waals surface area contributed by atoms with Crippen LogP contribution < -0.4 is 5.32 Å². The maximum atomic E-state index is 12.9. The van der Waals surface area contributed by atoms with Crippen LogP contribution >= 0.6 is 0 Å². The fourth-order valence-electron chi connectivity index (χ4n) is 2.34. The fourth-order valence-corrected chi connectivity index (χ4v) is 2.34. The number of carbonyl (C=O) groups is 1. The van der Waals surface area contributed by atoms with Gasteiger partial charge in [-0.05, 0) is 61.4 Å². The van der Waals surface area contributed by atoms with Crippen LogP contribution in [0.2, 0.25) is 0 Å². The van der Waals surface area contributed by atoms with Crippen molar-refractivity contribution in [2.75, 3.05) is 6.54 Å². The molecule has 0 aliphatic heterocycles. The van der Waals surface area contributed by atoms with E-state index in [-0.39, 0.29) is 11.7 Å². The lowest BCUT2D eigenvalue weighted by atomic mass is 10.1. The molecule has 5 nitrogen and oxygen atoms in total. The van der Waals surface area contributed by atoms with Gasteiger partial charge in [0, 0.05) is 24.1 Å². The SMILES string of the molecule is Cc1ccc(C(=O)NCCc2nc(-c3ccc(F)cc3)no2)cc1C. The lowest BCUT2D eigenvalue weighted by molar-refractivity contribution is 0.0953. The van der Waals surface area contributed by atoms with E-state index in [1.807, 2.05) is 26.0 Å². The molecule has 2 aromatic carbocycles. The Morgan fingerprint density at radius 2 is 1.88 bits per heavy atom. The Labute approximate surface area is 144 Å². The summed E-state index contributed by atoms with van der Waals surface area (Å²) in [6.07, 6.45) is 0.421. The van der Waals surface area contributed by atoms with E-state index in [9.17, 15) is 9.18 Å². The van der Waals surface area contributed by atoms with Crippen LogP contribution in [-0.2, 0) is 6.42 Å². The highest BCUT2D eigenvalue weighted by Gasteiger charge is 2.10. The molecule has 0 aliphatic carbocycles. The molecule has 0 atom stereocenters. The lowest BCUT2D eigenvalue weighted by Crippen LogP contribution is -2.25. The summed E-state index contributed by atoms with van der Waals surface area (Å²) >= 11 is 0. The largest absolute Gasteiger partial charge is 0.352 e. The zero-order chi connectivity index (χ0) is 17.8. The summed E-state index contributed by atoms with van der Waals surface area (Å²) in [4.78, 5) is 16.4. The van der Waals surface area contributed by atoms with Crippen LogP contribution in [0.4, 0.5) is 4.39 Å². The first-order chi connectivity index (χ1) is 12.0. The van der Waals surface area contributed by atoms with E-state index >= 15 is 0 Å². The van der Waals surface area contributed by atoms with Crippen molar-refractivity contribution in [1.82, 2.24) is 15.5 Å². The zero-order valence-corrected chi connectivity index (χ0v) is 14.0. The van der Waals surface area contributed by atoms with Crippen LogP contribution in [0.5, 0.6) is 0 Å². The van der Waals surface area contributed by atoms with Gasteiger partial charge in [0.2, 0.25) is 11.7 Å². The quantitative estimate of drug-likeness (QED) is 0.773. The number of amides is 1. The summed E-state index contributed by atoms with van der Waals surface area (Å²) in [5.41, 5.74) is 3.53. The molecule has 3 rings (SSSR count). The highest BCUT2D eigenvalue weighted by molar-refractivity contribution is 5.94. The molecule has 1 N–H and O–H groups in total. The zero-order valence-electron chi connectivity index (χ0n) is 14.0. The number of nitrogens with one attached hydrogen (secondary N) is 1. The predicted octanol–water partition coefficient (Wildman–Crippen LogP) is 3.47. The molecule has 1 amide bonds. The number of aryl methyl sites for hydroxylation is 2. The molecular formula is C19H18FN3O2. The molecule has 0 fully saturated rings. The summed E-state index contributed by atoms with van der Waals surface area (Å²) < 4.78 is 18.1. The maximum absolute atomic E-state index is 12.9. The van der Waals surface area contributed by atoms with Crippen LogP contribution in [0.1, 0.15) is 27.4 Å². The Morgan fingerprint density at radius 1 is 1.12 bits per heavy atom. The van der Waals surface area contributed by atoms with E-state index in [1.165, 1.54) is 12.1 Å². The number of halogens is 1. The minimum absolute atomic E-state index is 0.138. The van der Waals surface area contributed by atoms with Gasteiger partial charge in [0.25, 0.3) is 5.91 Å². The first-order valence-corrected chi connectivity index (χ1v) is 7.97. The highest BCUT2D eigenvalue weighted by Crippen LogP contribution is 2.16. The van der Waals surface area contributed by atoms with Gasteiger partial charge in [-0.25, -0.2) is 4.39 Å². The molecule has 0 spiro atoms. The van der Waals surface area contributed by atoms with Gasteiger partial charge in [-0.15, -0.1) is 0 Å². The minimum Gasteiger partial charge on any atom is -0.352 e. The van der Waals surface area contributed by atoms with Crippen molar-refractivity contribution >= 4 is 5.91 Å². The number of hydrogen-bond donors (Lipinski definition) is 1. The maximum Gasteiger partial charge on any atom is 0.251 e. The second-order valence-electron chi connectivity index (χ2n) is 5.82. The molecule has 0 saturated heterocycles. The van der Waals surface area contributed by atoms with Crippen molar-refractivity contribution in [3.63, 3.8) is 0 Å². The molecular weight excluding hydrogens is 321 g/mol. The van der Waals surface area contributed by atoms with Gasteiger partial charge < -0.3 is 9.84 Å². The van der Waals surface area contributed by atoms with E-state index in [0.29, 0.717) is 35.8 Å². The molecule has 0 radical (unpaired) electrons. The van der Waals surface area contributed by atoms with Crippen molar-refractivity contribution in [2.24, 2.45) is 0 Å². The highest BCUT2D eigenvalue weighted by atomic mass is 19.1. The molecule has 25 heavy (non-hydrogen) atoms. The van der Waals surface area contributed by atoms with Crippen molar-refractivity contribution < 1.29 is 13.7 Å². The van der Waals surface area contributed by atoms with E-state index in [0.717, 1.165) is 11.1 Å². The Kier molecular flexibility index (Phi) is 4.88. The number of rotatable bonds is 5. The monoisotopic (exact) mass is 339 g/mol. The Hall–Kier alpha value is -3.02. The van der Waals surface area contributed by atoms with Gasteiger partial charge in [0.15, 0.2) is 0 Å². The van der Waals surface area contributed by atoms with Crippen molar-refractivity contribution in [3.8, 4) is 11.4 Å². The van der Waals surface area contributed by atoms with Crippen LogP contribution in [0.3, 0.4) is 0 Å². The lowest BCUT2D eigenvalue weighted by Gasteiger charge is -2.06. The third-order valence-corrected chi connectivity index (χ3v) is 3.96. The Morgan fingerprint density at radius 3 is 2.60 bits per heavy atom. The summed E-state index contributed by atoms with van der Waals surface area (Å²) in [5, 5.41) is 6.71. The van der Waals surface area contributed by atoms with Crippen LogP contribution in [-0.4, -0.2) is 22.6 Å². The Bertz CT molecular complexity index is 888. The van der Waals surface area contributed by atoms with Gasteiger partial charge >= 0.3 is 0 Å². The molecule has 0 unspecified atom stereocenters. The van der Waals surface area contributed by atoms with Crippen molar-refractivity contribution in [3.05, 3.63) is 70.9 Å². The number of carbonyl (C=O) groups excluding carboxylic acids is 1. The van der Waals surface area contributed by atoms with Gasteiger partial charge in [-0.1, -0.05) is 11.2 Å². The topological polar surface area (TPSA) is 68.0 Å². The molecule has 3 aromatic rings. The molecule has 1 aromatic heterocycles. The average molecular weight is 339 g/mol. The van der Waals surface area contributed by atoms with E-state index < -0.39 is 0 Å². The standard InChI is InChI=1S/C19H18FN3O2/c1-12-3-4-15(11-13(12)2)19(24)21-10-9-17-22-18(23-25-17)14-5-7-16(20)8-6-14/h3-8,11H,9-10H2,1-2H3,(H,21,24). The van der Waals surface area contributed by atoms with E-state index in [1.54, 1.807) is 18.2 Å². The number of benzene rings is 2. The molecule has 1 heterocycles. The van der Waals surface area contributed by atoms with E-state index in [2.05, 4.69) is 15.5 Å².